The number of hydrogen-bond donors (Lipinski definition) is 1. The van der Waals surface area contributed by atoms with E-state index in [2.05, 4.69) is 29.6 Å². The molecule has 0 radical (unpaired) electrons. The molecule has 0 aromatic heterocycles. The fraction of sp³-hybridized carbons (Fsp3) is 0.467. The van der Waals surface area contributed by atoms with Crippen molar-refractivity contribution in [3.63, 3.8) is 0 Å². The van der Waals surface area contributed by atoms with E-state index in [-0.39, 0.29) is 17.8 Å². The lowest BCUT2D eigenvalue weighted by Gasteiger charge is -2.14. The van der Waals surface area contributed by atoms with Gasteiger partial charge in [0.15, 0.2) is 0 Å². The second-order valence-corrected chi connectivity index (χ2v) is 4.68. The number of esters is 1. The lowest BCUT2D eigenvalue weighted by atomic mass is 9.99. The number of carbonyl (C=O) groups excluding carboxylic acids is 2. The van der Waals surface area contributed by atoms with Gasteiger partial charge in [-0.15, -0.1) is 0 Å². The molecule has 4 nitrogen and oxygen atoms in total. The van der Waals surface area contributed by atoms with E-state index in [1.807, 2.05) is 6.92 Å². The molecule has 1 aromatic rings. The molecular formula is C15H21NO3. The predicted octanol–water partition coefficient (Wildman–Crippen LogP) is 1.85. The molecule has 4 heteroatoms. The van der Waals surface area contributed by atoms with Gasteiger partial charge >= 0.3 is 5.97 Å². The van der Waals surface area contributed by atoms with Crippen LogP contribution in [0.15, 0.2) is 24.3 Å². The quantitative estimate of drug-likeness (QED) is 0.797. The van der Waals surface area contributed by atoms with Gasteiger partial charge in [-0.3, -0.25) is 9.59 Å². The monoisotopic (exact) mass is 263 g/mol. The maximum atomic E-state index is 11.6. The van der Waals surface area contributed by atoms with Crippen molar-refractivity contribution in [2.75, 3.05) is 13.7 Å². The number of hydrogen-bond acceptors (Lipinski definition) is 3. The van der Waals surface area contributed by atoms with Gasteiger partial charge in [0.25, 0.3) is 0 Å². The fourth-order valence-electron chi connectivity index (χ4n) is 1.83. The Morgan fingerprint density at radius 2 is 1.89 bits per heavy atom. The van der Waals surface area contributed by atoms with E-state index in [9.17, 15) is 9.59 Å². The van der Waals surface area contributed by atoms with Crippen LogP contribution in [0.4, 0.5) is 0 Å². The summed E-state index contributed by atoms with van der Waals surface area (Å²) in [6.07, 6.45) is 1.45. The average Bonchev–Trinajstić information content (AvgIpc) is 2.39. The zero-order valence-electron chi connectivity index (χ0n) is 11.7. The molecule has 1 rings (SSSR count). The van der Waals surface area contributed by atoms with Gasteiger partial charge in [-0.1, -0.05) is 29.8 Å². The number of benzene rings is 1. The Morgan fingerprint density at radius 3 is 2.42 bits per heavy atom. The van der Waals surface area contributed by atoms with E-state index < -0.39 is 0 Å². The highest BCUT2D eigenvalue weighted by atomic mass is 16.5. The summed E-state index contributed by atoms with van der Waals surface area (Å²) in [6.45, 7) is 3.81. The van der Waals surface area contributed by atoms with E-state index in [1.54, 1.807) is 0 Å². The summed E-state index contributed by atoms with van der Waals surface area (Å²) in [5, 5.41) is 2.67. The minimum absolute atomic E-state index is 0.135. The first-order valence-corrected chi connectivity index (χ1v) is 6.40. The van der Waals surface area contributed by atoms with Gasteiger partial charge in [0.05, 0.1) is 13.0 Å². The van der Waals surface area contributed by atoms with Crippen LogP contribution in [0, 0.1) is 12.8 Å². The number of rotatable bonds is 6. The highest BCUT2D eigenvalue weighted by Crippen LogP contribution is 2.12. The third-order valence-electron chi connectivity index (χ3n) is 3.03. The Bertz CT molecular complexity index is 426. The third-order valence-corrected chi connectivity index (χ3v) is 3.03. The molecule has 1 atom stereocenters. The molecule has 1 aromatic carbocycles. The van der Waals surface area contributed by atoms with Crippen molar-refractivity contribution in [2.45, 2.75) is 26.7 Å². The summed E-state index contributed by atoms with van der Waals surface area (Å²) >= 11 is 0. The Balaban J connectivity index is 2.54. The van der Waals surface area contributed by atoms with E-state index >= 15 is 0 Å². The summed E-state index contributed by atoms with van der Waals surface area (Å²) in [4.78, 5) is 22.5. The van der Waals surface area contributed by atoms with Gasteiger partial charge in [0.2, 0.25) is 5.91 Å². The Hall–Kier alpha value is -1.84. The van der Waals surface area contributed by atoms with Crippen LogP contribution in [0.3, 0.4) is 0 Å². The van der Waals surface area contributed by atoms with Gasteiger partial charge in [0.1, 0.15) is 0 Å². The first-order valence-electron chi connectivity index (χ1n) is 6.40. The number of aryl methyl sites for hydroxylation is 2. The molecule has 0 bridgehead atoms. The fourth-order valence-corrected chi connectivity index (χ4v) is 1.83. The van der Waals surface area contributed by atoms with Gasteiger partial charge in [-0.25, -0.2) is 0 Å². The second-order valence-electron chi connectivity index (χ2n) is 4.68. The van der Waals surface area contributed by atoms with Crippen LogP contribution >= 0.6 is 0 Å². The average molecular weight is 263 g/mol. The minimum atomic E-state index is -0.296. The summed E-state index contributed by atoms with van der Waals surface area (Å²) in [5.74, 6) is -0.708. The standard InChI is InChI=1S/C15H21NO3/c1-11-4-6-13(7-5-11)8-9-14(15(18)19-3)10-16-12(2)17/h4-7,14H,8-10H2,1-3H3,(H,16,17). The van der Waals surface area contributed by atoms with Crippen molar-refractivity contribution in [2.24, 2.45) is 5.92 Å². The maximum absolute atomic E-state index is 11.6. The Morgan fingerprint density at radius 1 is 1.26 bits per heavy atom. The van der Waals surface area contributed by atoms with E-state index in [0.717, 1.165) is 6.42 Å². The van der Waals surface area contributed by atoms with Crippen LogP contribution in [-0.2, 0) is 20.7 Å². The molecule has 0 saturated heterocycles. The molecular weight excluding hydrogens is 242 g/mol. The van der Waals surface area contributed by atoms with Crippen LogP contribution in [0.5, 0.6) is 0 Å². The molecule has 1 N–H and O–H groups in total. The number of methoxy groups -OCH3 is 1. The molecule has 0 spiro atoms. The van der Waals surface area contributed by atoms with Gasteiger partial charge in [-0.2, -0.15) is 0 Å². The molecule has 0 fully saturated rings. The van der Waals surface area contributed by atoms with E-state index in [0.29, 0.717) is 13.0 Å². The third kappa shape index (κ3) is 5.55. The van der Waals surface area contributed by atoms with Crippen molar-refractivity contribution in [3.05, 3.63) is 35.4 Å². The molecule has 0 aliphatic heterocycles. The Labute approximate surface area is 114 Å². The van der Waals surface area contributed by atoms with Crippen LogP contribution in [0.2, 0.25) is 0 Å². The summed E-state index contributed by atoms with van der Waals surface area (Å²) in [5.41, 5.74) is 2.40. The topological polar surface area (TPSA) is 55.4 Å². The van der Waals surface area contributed by atoms with Crippen LogP contribution in [-0.4, -0.2) is 25.5 Å². The molecule has 0 aliphatic rings. The smallest absolute Gasteiger partial charge is 0.310 e. The van der Waals surface area contributed by atoms with Crippen molar-refractivity contribution in [3.8, 4) is 0 Å². The maximum Gasteiger partial charge on any atom is 0.310 e. The number of carbonyl (C=O) groups is 2. The van der Waals surface area contributed by atoms with E-state index in [1.165, 1.54) is 25.2 Å². The first-order chi connectivity index (χ1) is 9.02. The second kappa shape index (κ2) is 7.56. The molecule has 1 amide bonds. The predicted molar refractivity (Wildman–Crippen MR) is 73.7 cm³/mol. The van der Waals surface area contributed by atoms with Crippen molar-refractivity contribution in [1.29, 1.82) is 0 Å². The number of ether oxygens (including phenoxy) is 1. The zero-order valence-corrected chi connectivity index (χ0v) is 11.7. The first kappa shape index (κ1) is 15.2. The molecule has 0 heterocycles. The number of amides is 1. The van der Waals surface area contributed by atoms with Crippen LogP contribution in [0.1, 0.15) is 24.5 Å². The largest absolute Gasteiger partial charge is 0.469 e. The van der Waals surface area contributed by atoms with Crippen molar-refractivity contribution >= 4 is 11.9 Å². The highest BCUT2D eigenvalue weighted by Gasteiger charge is 2.19. The zero-order chi connectivity index (χ0) is 14.3. The highest BCUT2D eigenvalue weighted by molar-refractivity contribution is 5.76. The molecule has 1 unspecified atom stereocenters. The van der Waals surface area contributed by atoms with Gasteiger partial charge < -0.3 is 10.1 Å². The van der Waals surface area contributed by atoms with Gasteiger partial charge in [-0.05, 0) is 25.3 Å². The van der Waals surface area contributed by atoms with Crippen molar-refractivity contribution in [1.82, 2.24) is 5.32 Å². The Kier molecular flexibility index (Phi) is 6.06. The summed E-state index contributed by atoms with van der Waals surface area (Å²) in [6, 6.07) is 8.22. The van der Waals surface area contributed by atoms with E-state index in [4.69, 9.17) is 4.74 Å². The molecule has 0 aliphatic carbocycles. The van der Waals surface area contributed by atoms with Gasteiger partial charge in [0, 0.05) is 13.5 Å². The van der Waals surface area contributed by atoms with Crippen LogP contribution in [0.25, 0.3) is 0 Å². The molecule has 0 saturated carbocycles. The van der Waals surface area contributed by atoms with Crippen LogP contribution < -0.4 is 5.32 Å². The lowest BCUT2D eigenvalue weighted by Crippen LogP contribution is -2.32. The van der Waals surface area contributed by atoms with Crippen molar-refractivity contribution < 1.29 is 14.3 Å². The lowest BCUT2D eigenvalue weighted by molar-refractivity contribution is -0.145. The SMILES string of the molecule is COC(=O)C(CCc1ccc(C)cc1)CNC(C)=O. The summed E-state index contributed by atoms with van der Waals surface area (Å²) < 4.78 is 4.76. The molecule has 19 heavy (non-hydrogen) atoms. The number of nitrogens with one attached hydrogen (secondary N) is 1. The molecule has 104 valence electrons. The summed E-state index contributed by atoms with van der Waals surface area (Å²) in [7, 11) is 1.37. The normalized spacial score (nSPS) is 11.7. The minimum Gasteiger partial charge on any atom is -0.469 e.